The Balaban J connectivity index is 1.92. The summed E-state index contributed by atoms with van der Waals surface area (Å²) < 4.78 is 0. The Kier molecular flexibility index (Phi) is 4.35. The molecule has 0 aliphatic heterocycles. The van der Waals surface area contributed by atoms with Crippen molar-refractivity contribution in [2.45, 2.75) is 45.6 Å². The van der Waals surface area contributed by atoms with Crippen LogP contribution in [-0.4, -0.2) is 11.5 Å². The van der Waals surface area contributed by atoms with Crippen molar-refractivity contribution in [2.24, 2.45) is 0 Å². The fraction of sp³-hybridized carbons (Fsp3) is 0.421. The summed E-state index contributed by atoms with van der Waals surface area (Å²) in [5.41, 5.74) is 6.96. The topological polar surface area (TPSA) is 24.9 Å². The molecule has 1 unspecified atom stereocenters. The van der Waals surface area contributed by atoms with E-state index in [4.69, 9.17) is 0 Å². The molecule has 0 bridgehead atoms. The van der Waals surface area contributed by atoms with Crippen LogP contribution >= 0.6 is 0 Å². The van der Waals surface area contributed by atoms with E-state index in [0.717, 1.165) is 19.5 Å². The smallest absolute Gasteiger partial charge is 0.0510 e. The van der Waals surface area contributed by atoms with Gasteiger partial charge in [0.2, 0.25) is 0 Å². The molecule has 0 fully saturated rings. The van der Waals surface area contributed by atoms with Gasteiger partial charge in [0.1, 0.15) is 0 Å². The van der Waals surface area contributed by atoms with E-state index in [2.05, 4.69) is 54.5 Å². The molecule has 21 heavy (non-hydrogen) atoms. The molecule has 0 amide bonds. The van der Waals surface area contributed by atoms with Crippen LogP contribution in [0, 0.1) is 6.92 Å². The number of nitrogens with zero attached hydrogens (tertiary/aromatic N) is 1. The summed E-state index contributed by atoms with van der Waals surface area (Å²) in [6, 6.07) is 11.2. The summed E-state index contributed by atoms with van der Waals surface area (Å²) in [7, 11) is 0. The van der Waals surface area contributed by atoms with E-state index >= 15 is 0 Å². The highest BCUT2D eigenvalue weighted by Crippen LogP contribution is 2.38. The van der Waals surface area contributed by atoms with Gasteiger partial charge in [-0.3, -0.25) is 4.98 Å². The van der Waals surface area contributed by atoms with E-state index in [1.54, 1.807) is 0 Å². The predicted octanol–water partition coefficient (Wildman–Crippen LogP) is 3.97. The molecule has 3 rings (SSSR count). The molecule has 1 aromatic carbocycles. The van der Waals surface area contributed by atoms with Gasteiger partial charge in [0, 0.05) is 18.7 Å². The molecule has 0 spiro atoms. The first-order valence-electron chi connectivity index (χ1n) is 8.03. The van der Waals surface area contributed by atoms with Crippen molar-refractivity contribution in [2.75, 3.05) is 6.54 Å². The zero-order valence-electron chi connectivity index (χ0n) is 13.0. The molecule has 1 N–H and O–H groups in total. The number of aryl methyl sites for hydroxylation is 2. The number of hydrogen-bond donors (Lipinski definition) is 1. The normalized spacial score (nSPS) is 17.0. The Labute approximate surface area is 127 Å². The molecule has 0 radical (unpaired) electrons. The summed E-state index contributed by atoms with van der Waals surface area (Å²) in [6.45, 7) is 6.43. The molecular formula is C19H24N2. The van der Waals surface area contributed by atoms with Crippen LogP contribution in [0.1, 0.15) is 53.6 Å². The van der Waals surface area contributed by atoms with Gasteiger partial charge in [-0.2, -0.15) is 0 Å². The Hall–Kier alpha value is -1.67. The molecule has 2 nitrogen and oxygen atoms in total. The first kappa shape index (κ1) is 14.3. The minimum Gasteiger partial charge on any atom is -0.313 e. The first-order valence-corrected chi connectivity index (χ1v) is 8.03. The largest absolute Gasteiger partial charge is 0.313 e. The van der Waals surface area contributed by atoms with E-state index < -0.39 is 0 Å². The summed E-state index contributed by atoms with van der Waals surface area (Å²) in [6.07, 6.45) is 5.46. The van der Waals surface area contributed by atoms with E-state index in [1.165, 1.54) is 40.8 Å². The van der Waals surface area contributed by atoms with Crippen LogP contribution in [0.2, 0.25) is 0 Å². The van der Waals surface area contributed by atoms with Crippen molar-refractivity contribution in [1.29, 1.82) is 0 Å². The molecule has 0 saturated heterocycles. The fourth-order valence-electron chi connectivity index (χ4n) is 3.31. The predicted molar refractivity (Wildman–Crippen MR) is 87.6 cm³/mol. The third-order valence-electron chi connectivity index (χ3n) is 4.38. The molecule has 1 atom stereocenters. The standard InChI is InChI=1S/C19H24N2/c1-3-10-20-13-16-7-6-14(2)12-18(16)17-9-8-15-5-4-11-21-19(15)17/h4-7,11-12,17,20H,3,8-10,13H2,1-2H3. The van der Waals surface area contributed by atoms with Crippen LogP contribution in [0.25, 0.3) is 0 Å². The van der Waals surface area contributed by atoms with Crippen LogP contribution in [0.4, 0.5) is 0 Å². The zero-order valence-corrected chi connectivity index (χ0v) is 13.0. The number of aromatic nitrogens is 1. The lowest BCUT2D eigenvalue weighted by atomic mass is 9.90. The van der Waals surface area contributed by atoms with Gasteiger partial charge >= 0.3 is 0 Å². The molecule has 2 aromatic rings. The Morgan fingerprint density at radius 3 is 3.05 bits per heavy atom. The van der Waals surface area contributed by atoms with E-state index in [-0.39, 0.29) is 0 Å². The molecule has 1 heterocycles. The van der Waals surface area contributed by atoms with Crippen LogP contribution in [-0.2, 0) is 13.0 Å². The number of rotatable bonds is 5. The number of nitrogens with one attached hydrogen (secondary N) is 1. The average molecular weight is 280 g/mol. The molecule has 1 aliphatic rings. The zero-order chi connectivity index (χ0) is 14.7. The van der Waals surface area contributed by atoms with Crippen LogP contribution in [0.3, 0.4) is 0 Å². The molecule has 1 aromatic heterocycles. The van der Waals surface area contributed by atoms with Crippen molar-refractivity contribution < 1.29 is 0 Å². The molecule has 1 aliphatic carbocycles. The van der Waals surface area contributed by atoms with E-state index in [1.807, 2.05) is 6.20 Å². The maximum Gasteiger partial charge on any atom is 0.0510 e. The maximum atomic E-state index is 4.66. The average Bonchev–Trinajstić information content (AvgIpc) is 2.93. The maximum absolute atomic E-state index is 4.66. The number of benzene rings is 1. The van der Waals surface area contributed by atoms with Gasteiger partial charge in [-0.25, -0.2) is 0 Å². The SMILES string of the molecule is CCCNCc1ccc(C)cc1C1CCc2cccnc21. The van der Waals surface area contributed by atoms with Crippen molar-refractivity contribution in [3.8, 4) is 0 Å². The third kappa shape index (κ3) is 3.01. The first-order chi connectivity index (χ1) is 10.3. The number of fused-ring (bicyclic) bond motifs is 1. The van der Waals surface area contributed by atoms with Gasteiger partial charge in [0.15, 0.2) is 0 Å². The van der Waals surface area contributed by atoms with Crippen LogP contribution < -0.4 is 5.32 Å². The quantitative estimate of drug-likeness (QED) is 0.838. The van der Waals surface area contributed by atoms with Gasteiger partial charge in [-0.1, -0.05) is 36.8 Å². The second-order valence-corrected chi connectivity index (χ2v) is 6.02. The Morgan fingerprint density at radius 1 is 1.29 bits per heavy atom. The lowest BCUT2D eigenvalue weighted by Crippen LogP contribution is -2.16. The molecule has 0 saturated carbocycles. The second-order valence-electron chi connectivity index (χ2n) is 6.02. The lowest BCUT2D eigenvalue weighted by Gasteiger charge is -2.17. The second kappa shape index (κ2) is 6.40. The van der Waals surface area contributed by atoms with Crippen molar-refractivity contribution in [3.63, 3.8) is 0 Å². The molecular weight excluding hydrogens is 256 g/mol. The highest BCUT2D eigenvalue weighted by Gasteiger charge is 2.26. The fourth-order valence-corrected chi connectivity index (χ4v) is 3.31. The Bertz CT molecular complexity index is 619. The van der Waals surface area contributed by atoms with Gasteiger partial charge in [0.05, 0.1) is 5.69 Å². The van der Waals surface area contributed by atoms with Gasteiger partial charge in [-0.05, 0) is 55.5 Å². The Morgan fingerprint density at radius 2 is 2.19 bits per heavy atom. The van der Waals surface area contributed by atoms with Gasteiger partial charge in [-0.15, -0.1) is 0 Å². The minimum absolute atomic E-state index is 0.472. The van der Waals surface area contributed by atoms with Gasteiger partial charge in [0.25, 0.3) is 0 Å². The van der Waals surface area contributed by atoms with E-state index in [9.17, 15) is 0 Å². The monoisotopic (exact) mass is 280 g/mol. The molecule has 2 heteroatoms. The summed E-state index contributed by atoms with van der Waals surface area (Å²) in [5, 5.41) is 3.54. The molecule has 110 valence electrons. The summed E-state index contributed by atoms with van der Waals surface area (Å²) >= 11 is 0. The van der Waals surface area contributed by atoms with Crippen LogP contribution in [0.5, 0.6) is 0 Å². The van der Waals surface area contributed by atoms with Crippen molar-refractivity contribution >= 4 is 0 Å². The highest BCUT2D eigenvalue weighted by atomic mass is 14.8. The van der Waals surface area contributed by atoms with Crippen LogP contribution in [0.15, 0.2) is 36.5 Å². The highest BCUT2D eigenvalue weighted by molar-refractivity contribution is 5.43. The van der Waals surface area contributed by atoms with E-state index in [0.29, 0.717) is 5.92 Å². The number of hydrogen-bond acceptors (Lipinski definition) is 2. The summed E-state index contributed by atoms with van der Waals surface area (Å²) in [5.74, 6) is 0.472. The van der Waals surface area contributed by atoms with Crippen molar-refractivity contribution in [3.05, 3.63) is 64.5 Å². The number of pyridine rings is 1. The third-order valence-corrected chi connectivity index (χ3v) is 4.38. The summed E-state index contributed by atoms with van der Waals surface area (Å²) in [4.78, 5) is 4.66. The lowest BCUT2D eigenvalue weighted by molar-refractivity contribution is 0.662. The van der Waals surface area contributed by atoms with Crippen molar-refractivity contribution in [1.82, 2.24) is 10.3 Å². The minimum atomic E-state index is 0.472. The van der Waals surface area contributed by atoms with Gasteiger partial charge < -0.3 is 5.32 Å².